The van der Waals surface area contributed by atoms with E-state index in [1.54, 1.807) is 26.2 Å². The van der Waals surface area contributed by atoms with E-state index >= 15 is 0 Å². The Hall–Kier alpha value is -12.4. The third-order valence-electron chi connectivity index (χ3n) is 31.3. The van der Waals surface area contributed by atoms with E-state index in [9.17, 15) is 43.5 Å². The molecule has 25 rings (SSSR count). The number of ketones is 3. The molecule has 11 aromatic rings. The fourth-order valence-corrected chi connectivity index (χ4v) is 25.7. The van der Waals surface area contributed by atoms with Gasteiger partial charge in [-0.2, -0.15) is 25.5 Å². The predicted octanol–water partition coefficient (Wildman–Crippen LogP) is 14.3. The van der Waals surface area contributed by atoms with E-state index in [-0.39, 0.29) is 58.4 Å². The van der Waals surface area contributed by atoms with Gasteiger partial charge in [-0.3, -0.25) is 63.0 Å². The molecule has 7 fully saturated rings. The number of aryl methyl sites for hydroxylation is 2. The first-order valence-corrected chi connectivity index (χ1v) is 48.8. The zero-order valence-corrected chi connectivity index (χ0v) is 78.8. The fourth-order valence-electron chi connectivity index (χ4n) is 25.7. The number of nitrogens with one attached hydrogen (secondary N) is 2. The molecule has 25 nitrogen and oxygen atoms in total. The highest BCUT2D eigenvalue weighted by Gasteiger charge is 2.46. The molecular formula is C112H123N15O10. The summed E-state index contributed by atoms with van der Waals surface area (Å²) >= 11 is 0. The molecule has 14 bridgehead atoms. The average molecular weight is 1840 g/mol. The van der Waals surface area contributed by atoms with Gasteiger partial charge in [0.2, 0.25) is 0 Å². The molecule has 4 aromatic heterocycles. The average Bonchev–Trinajstić information content (AvgIpc) is 0.716. The zero-order valence-electron chi connectivity index (χ0n) is 78.8. The maximum atomic E-state index is 12.8. The number of aliphatic hydroxyl groups is 1. The molecule has 14 unspecified atom stereocenters. The number of esters is 1. The van der Waals surface area contributed by atoms with Crippen molar-refractivity contribution in [3.63, 3.8) is 0 Å². The monoisotopic (exact) mass is 1840 g/mol. The van der Waals surface area contributed by atoms with Crippen molar-refractivity contribution in [2.45, 2.75) is 117 Å². The fraction of sp³-hybridized carbons (Fsp3) is 0.402. The van der Waals surface area contributed by atoms with Crippen LogP contribution in [0.3, 0.4) is 0 Å². The number of methoxy groups -OCH3 is 1. The van der Waals surface area contributed by atoms with Crippen LogP contribution in [0.5, 0.6) is 0 Å². The van der Waals surface area contributed by atoms with Crippen molar-refractivity contribution < 1.29 is 33.8 Å². The van der Waals surface area contributed by atoms with Crippen LogP contribution >= 0.6 is 0 Å². The van der Waals surface area contributed by atoms with Crippen molar-refractivity contribution in [3.8, 4) is 0 Å². The summed E-state index contributed by atoms with van der Waals surface area (Å²) in [6.07, 6.45) is 21.7. The number of aliphatic hydroxyl groups excluding tert-OH is 1. The first kappa shape index (κ1) is 93.6. The molecule has 0 radical (unpaired) electrons. The minimum absolute atomic E-state index is 0.0125. The van der Waals surface area contributed by atoms with Crippen LogP contribution in [0.1, 0.15) is 229 Å². The summed E-state index contributed by atoms with van der Waals surface area (Å²) in [6, 6.07) is 41.8. The van der Waals surface area contributed by atoms with Gasteiger partial charge >= 0.3 is 5.97 Å². The molecule has 7 aliphatic heterocycles. The number of Topliss-reactive ketones (excluding diaryl/α,β-unsaturated/α-hetero) is 3. The van der Waals surface area contributed by atoms with Crippen LogP contribution in [0.2, 0.25) is 0 Å². The van der Waals surface area contributed by atoms with E-state index in [4.69, 9.17) is 4.74 Å². The Balaban J connectivity index is 0.000000102. The molecule has 0 spiro atoms. The second kappa shape index (κ2) is 40.3. The molecule has 706 valence electrons. The topological polar surface area (TPSA) is 288 Å². The van der Waals surface area contributed by atoms with Gasteiger partial charge in [0.1, 0.15) is 0 Å². The van der Waals surface area contributed by atoms with Crippen LogP contribution in [0.25, 0.3) is 43.1 Å². The SMILES string of the molecule is C=CCN1CC2CC(C1)c1cccc(C(=O)OC)c1C2=O.C=CCN1CC2CC(C1)c1cccc(C=O)c1C2=O.C=CCN1CC2CC(C1)c1cccc(CO)c1C2=O.C=CCN1CC2CC(C1)c1n[nH]c(=O)c3cccc2c13.C=CCN1CC2CC(C1)c1nn(C)c(=O)c3cccc2c13.C=CCN1CC2CC(C1)c1nncc3cccc2c13.Cn1nc2c3c(cccc3c1=O)C1CNCC2C1. The molecule has 7 saturated heterocycles. The second-order valence-corrected chi connectivity index (χ2v) is 39.8. The third-order valence-corrected chi connectivity index (χ3v) is 31.3. The van der Waals surface area contributed by atoms with Crippen molar-refractivity contribution in [2.75, 3.05) is 138 Å². The number of nitrogens with zero attached hydrogens (tertiary/aromatic N) is 13. The van der Waals surface area contributed by atoms with Crippen LogP contribution < -0.4 is 22.0 Å². The van der Waals surface area contributed by atoms with E-state index in [1.165, 1.54) is 61.6 Å². The Bertz CT molecular complexity index is 6770. The third kappa shape index (κ3) is 18.0. The maximum Gasteiger partial charge on any atom is 0.338 e. The number of carbonyl (C=O) groups is 5. The van der Waals surface area contributed by atoms with Gasteiger partial charge in [0.05, 0.1) is 64.4 Å². The first-order valence-electron chi connectivity index (χ1n) is 48.8. The number of aromatic nitrogens is 8. The minimum Gasteiger partial charge on any atom is -0.465 e. The number of fused-ring (bicyclic) bond motifs is 28. The summed E-state index contributed by atoms with van der Waals surface area (Å²) in [5.41, 5.74) is 16.8. The maximum absolute atomic E-state index is 12.8. The van der Waals surface area contributed by atoms with Crippen LogP contribution in [0.15, 0.2) is 224 Å². The lowest BCUT2D eigenvalue weighted by Crippen LogP contribution is -2.46. The van der Waals surface area contributed by atoms with Crippen LogP contribution in [-0.2, 0) is 25.4 Å². The normalized spacial score (nSPS) is 25.1. The van der Waals surface area contributed by atoms with Crippen LogP contribution in [0, 0.1) is 17.8 Å². The molecule has 0 amide bonds. The van der Waals surface area contributed by atoms with Gasteiger partial charge < -0.3 is 15.2 Å². The number of hydrogen-bond donors (Lipinski definition) is 3. The lowest BCUT2D eigenvalue weighted by molar-refractivity contribution is 0.0589. The Morgan fingerprint density at radius 3 is 1.25 bits per heavy atom. The van der Waals surface area contributed by atoms with Gasteiger partial charge in [0.15, 0.2) is 23.6 Å². The summed E-state index contributed by atoms with van der Waals surface area (Å²) in [5, 5.41) is 46.1. The molecule has 7 aromatic carbocycles. The van der Waals surface area contributed by atoms with Crippen molar-refractivity contribution in [1.82, 2.24) is 74.7 Å². The molecule has 0 saturated carbocycles. The quantitative estimate of drug-likeness (QED) is 0.0488. The number of likely N-dealkylation sites (tertiary alicyclic amines) is 6. The number of ether oxygens (including phenoxy) is 1. The van der Waals surface area contributed by atoms with E-state index in [2.05, 4.69) is 141 Å². The largest absolute Gasteiger partial charge is 0.465 e. The lowest BCUT2D eigenvalue weighted by Gasteiger charge is -2.41. The Morgan fingerprint density at radius 2 is 0.759 bits per heavy atom. The van der Waals surface area contributed by atoms with E-state index in [0.29, 0.717) is 87.4 Å². The minimum atomic E-state index is -0.428. The van der Waals surface area contributed by atoms with Gasteiger partial charge in [0, 0.05) is 236 Å². The van der Waals surface area contributed by atoms with Crippen molar-refractivity contribution in [1.29, 1.82) is 0 Å². The molecule has 11 heterocycles. The Kier molecular flexibility index (Phi) is 27.5. The van der Waals surface area contributed by atoms with Crippen molar-refractivity contribution >= 4 is 72.7 Å². The standard InChI is InChI=1S/C17H19N3O.C17H19NO3.C16H17N3O.C16H17N3.C16H19NO2.C16H17NO2.C14H15N3O/c1-3-7-20-9-11-8-12(10-20)16-15-13(11)5-4-6-14(15)17(21)19(2)18-16;1-3-7-18-9-11-8-12(10-18)16(19)15-13(11)5-4-6-14(15)17(20)21-2;1-2-6-19-8-10-7-11(9-19)15-14-12(10)4-3-5-13(14)16(20)18-17-15;1-2-6-19-9-12-7-13(10-19)16-15-11(8-17-18-16)4-3-5-14(12)15;2*1-2-6-17-8-12-7-13(9-17)16(19)15-11(10-18)4-3-5-14(12)15;1-17-14(18)11-4-2-3-10-8-5-9(7-15-6-8)13(16-17)12(10)11/h2*3-6,11-12H,1,7-10H2,2H3;2-5,10-11H,1,6-9H2,(H,18,20);2-5,8,12-13H,1,6-7,9-10H2;2-5,12-13,18H,1,6-10H2;2-5,10,12-13H,1,6-9H2;2-4,8-9,15H,5-7H2,1H3. The van der Waals surface area contributed by atoms with Crippen molar-refractivity contribution in [3.05, 3.63) is 336 Å². The van der Waals surface area contributed by atoms with E-state index < -0.39 is 5.97 Å². The van der Waals surface area contributed by atoms with Crippen LogP contribution in [0.4, 0.5) is 0 Å². The number of H-pyrrole nitrogens is 1. The highest BCUT2D eigenvalue weighted by molar-refractivity contribution is 6.10. The van der Waals surface area contributed by atoms with Gasteiger partial charge in [-0.25, -0.2) is 19.3 Å². The lowest BCUT2D eigenvalue weighted by atomic mass is 9.72. The molecule has 7 aliphatic carbocycles. The highest BCUT2D eigenvalue weighted by Crippen LogP contribution is 2.51. The van der Waals surface area contributed by atoms with E-state index in [1.807, 2.05) is 122 Å². The molecule has 25 heteroatoms. The number of hydrogen-bond acceptors (Lipinski definition) is 22. The van der Waals surface area contributed by atoms with Gasteiger partial charge in [-0.15, -0.1) is 39.5 Å². The van der Waals surface area contributed by atoms with Crippen molar-refractivity contribution in [2.24, 2.45) is 31.8 Å². The zero-order chi connectivity index (χ0) is 95.1. The number of aldehydes is 1. The van der Waals surface area contributed by atoms with E-state index in [0.717, 1.165) is 253 Å². The number of piperidine rings is 7. The van der Waals surface area contributed by atoms with Crippen LogP contribution in [-0.4, -0.2) is 242 Å². The summed E-state index contributed by atoms with van der Waals surface area (Å²) in [5.74, 6) is 5.20. The second-order valence-electron chi connectivity index (χ2n) is 39.8. The number of carbonyl (C=O) groups excluding carboxylic acids is 5. The summed E-state index contributed by atoms with van der Waals surface area (Å²) < 4.78 is 7.79. The first-order chi connectivity index (χ1) is 66.7. The van der Waals surface area contributed by atoms with Gasteiger partial charge in [-0.05, 0) is 155 Å². The highest BCUT2D eigenvalue weighted by atomic mass is 16.5. The Labute approximate surface area is 798 Å². The predicted molar refractivity (Wildman–Crippen MR) is 536 cm³/mol. The number of aromatic amines is 1. The number of rotatable bonds is 15. The summed E-state index contributed by atoms with van der Waals surface area (Å²) in [6.45, 7) is 41.6. The molecular weight excluding hydrogens is 1720 g/mol. The molecule has 3 N–H and O–H groups in total. The molecule has 14 aliphatic rings. The molecule has 137 heavy (non-hydrogen) atoms. The summed E-state index contributed by atoms with van der Waals surface area (Å²) in [7, 11) is 4.84. The summed E-state index contributed by atoms with van der Waals surface area (Å²) in [4.78, 5) is 112. The number of benzene rings is 7. The smallest absolute Gasteiger partial charge is 0.338 e. The van der Waals surface area contributed by atoms with Gasteiger partial charge in [-0.1, -0.05) is 140 Å². The Morgan fingerprint density at radius 1 is 0.401 bits per heavy atom. The van der Waals surface area contributed by atoms with Gasteiger partial charge in [0.25, 0.3) is 16.7 Å². The molecule has 14 atom stereocenters.